The lowest BCUT2D eigenvalue weighted by molar-refractivity contribution is -0.0432. The lowest BCUT2D eigenvalue weighted by Crippen LogP contribution is -2.39. The number of hydrogen-bond acceptors (Lipinski definition) is 8. The molecule has 0 aliphatic rings. The quantitative estimate of drug-likeness (QED) is 0.181. The number of aromatic nitrogens is 3. The minimum absolute atomic E-state index is 0.323. The van der Waals surface area contributed by atoms with Crippen molar-refractivity contribution in [1.82, 2.24) is 14.3 Å². The van der Waals surface area contributed by atoms with Crippen LogP contribution in [0.25, 0.3) is 32.5 Å². The van der Waals surface area contributed by atoms with Crippen molar-refractivity contribution in [2.24, 2.45) is 0 Å². The molecule has 0 bridgehead atoms. The summed E-state index contributed by atoms with van der Waals surface area (Å²) in [6.45, 7) is 19.4. The Morgan fingerprint density at radius 3 is 2.05 bits per heavy atom. The largest absolute Gasteiger partial charge is 0.443 e. The van der Waals surface area contributed by atoms with Crippen molar-refractivity contribution in [2.45, 2.75) is 91.4 Å². The van der Waals surface area contributed by atoms with Gasteiger partial charge in [0.05, 0.1) is 21.4 Å². The standard InChI is InChI=1S/C29H41N3O6SSi2/c1-27(2,3)35-25(33)31-19-12-11-18(29(7,8)24(37-40-9)38-41-10)15-17(19)16-21(31)22-23-20(13-14-39-23)32(30-22)26(34)36-28(4,5)6/h11-16,24H,40-41H2,1-10H3. The van der Waals surface area contributed by atoms with Crippen LogP contribution >= 0.6 is 11.3 Å². The van der Waals surface area contributed by atoms with E-state index in [1.165, 1.54) is 16.0 Å². The third-order valence-corrected chi connectivity index (χ3v) is 8.63. The first-order chi connectivity index (χ1) is 19.1. The number of fused-ring (bicyclic) bond motifs is 2. The van der Waals surface area contributed by atoms with Crippen LogP contribution in [0.3, 0.4) is 0 Å². The minimum Gasteiger partial charge on any atom is -0.443 e. The summed E-state index contributed by atoms with van der Waals surface area (Å²) in [7, 11) is -1.38. The zero-order chi connectivity index (χ0) is 30.3. The van der Waals surface area contributed by atoms with Crippen LogP contribution in [0.15, 0.2) is 35.7 Å². The first-order valence-electron chi connectivity index (χ1n) is 13.9. The summed E-state index contributed by atoms with van der Waals surface area (Å²) >= 11 is 1.45. The normalized spacial score (nSPS) is 14.2. The Labute approximate surface area is 250 Å². The van der Waals surface area contributed by atoms with Gasteiger partial charge >= 0.3 is 12.2 Å². The van der Waals surface area contributed by atoms with Gasteiger partial charge in [0, 0.05) is 10.8 Å². The van der Waals surface area contributed by atoms with Crippen LogP contribution in [0.1, 0.15) is 61.0 Å². The Balaban J connectivity index is 1.93. The van der Waals surface area contributed by atoms with Crippen LogP contribution in [0.2, 0.25) is 13.1 Å². The second-order valence-electron chi connectivity index (χ2n) is 12.5. The number of carbonyl (C=O) groups excluding carboxylic acids is 2. The molecule has 0 atom stereocenters. The highest BCUT2D eigenvalue weighted by Gasteiger charge is 2.34. The van der Waals surface area contributed by atoms with Gasteiger partial charge in [-0.3, -0.25) is 0 Å². The number of hydrogen-bond donors (Lipinski definition) is 0. The summed E-state index contributed by atoms with van der Waals surface area (Å²) in [5.41, 5.74) is 1.56. The SMILES string of the molecule is C[SiH2]OC(O[SiH2]C)C(C)(C)c1ccc2c(c1)cc(-c1nn(C(=O)OC(C)(C)C)c3ccsc13)n2C(=O)OC(C)(C)C. The third kappa shape index (κ3) is 6.51. The van der Waals surface area contributed by atoms with Gasteiger partial charge in [0.1, 0.15) is 23.2 Å². The van der Waals surface area contributed by atoms with Gasteiger partial charge in [-0.1, -0.05) is 33.0 Å². The van der Waals surface area contributed by atoms with E-state index in [9.17, 15) is 9.59 Å². The maximum atomic E-state index is 13.7. The van der Waals surface area contributed by atoms with Crippen molar-refractivity contribution in [1.29, 1.82) is 0 Å². The van der Waals surface area contributed by atoms with Gasteiger partial charge in [0.25, 0.3) is 0 Å². The summed E-state index contributed by atoms with van der Waals surface area (Å²) in [5.74, 6) is 0. The van der Waals surface area contributed by atoms with Gasteiger partial charge in [-0.2, -0.15) is 9.78 Å². The van der Waals surface area contributed by atoms with Gasteiger partial charge in [-0.25, -0.2) is 14.2 Å². The predicted octanol–water partition coefficient (Wildman–Crippen LogP) is 6.19. The van der Waals surface area contributed by atoms with Gasteiger partial charge in [0.15, 0.2) is 19.5 Å². The number of thiophene rings is 1. The fraction of sp³-hybridized carbons (Fsp3) is 0.483. The average molecular weight is 616 g/mol. The lowest BCUT2D eigenvalue weighted by Gasteiger charge is -2.35. The molecule has 0 fully saturated rings. The number of ether oxygens (including phenoxy) is 2. The topological polar surface area (TPSA) is 93.8 Å². The molecule has 222 valence electrons. The molecule has 4 rings (SSSR count). The van der Waals surface area contributed by atoms with E-state index in [0.717, 1.165) is 15.6 Å². The lowest BCUT2D eigenvalue weighted by atomic mass is 9.83. The van der Waals surface area contributed by atoms with E-state index < -0.39 is 48.3 Å². The number of nitrogens with zero attached hydrogens (tertiary/aromatic N) is 3. The fourth-order valence-corrected chi connectivity index (χ4v) is 7.34. The molecule has 4 aromatic rings. The van der Waals surface area contributed by atoms with Crippen molar-refractivity contribution in [3.63, 3.8) is 0 Å². The van der Waals surface area contributed by atoms with E-state index >= 15 is 0 Å². The van der Waals surface area contributed by atoms with Crippen molar-refractivity contribution in [3.8, 4) is 11.4 Å². The Hall–Kier alpha value is -2.78. The molecule has 0 amide bonds. The number of rotatable bonds is 7. The van der Waals surface area contributed by atoms with E-state index in [2.05, 4.69) is 38.1 Å². The monoisotopic (exact) mass is 615 g/mol. The van der Waals surface area contributed by atoms with Gasteiger partial charge in [-0.05, 0) is 76.8 Å². The predicted molar refractivity (Wildman–Crippen MR) is 170 cm³/mol. The van der Waals surface area contributed by atoms with Gasteiger partial charge in [0.2, 0.25) is 0 Å². The highest BCUT2D eigenvalue weighted by Crippen LogP contribution is 2.38. The van der Waals surface area contributed by atoms with Crippen molar-refractivity contribution >= 4 is 64.2 Å². The van der Waals surface area contributed by atoms with Crippen LogP contribution in [-0.2, 0) is 23.7 Å². The maximum Gasteiger partial charge on any atom is 0.435 e. The molecule has 3 aromatic heterocycles. The Bertz CT molecular complexity index is 1570. The summed E-state index contributed by atoms with van der Waals surface area (Å²) < 4.78 is 27.3. The molecule has 0 radical (unpaired) electrons. The van der Waals surface area contributed by atoms with E-state index in [4.69, 9.17) is 18.3 Å². The molecule has 12 heteroatoms. The zero-order valence-corrected chi connectivity index (χ0v) is 29.3. The second kappa shape index (κ2) is 11.5. The average Bonchev–Trinajstić information content (AvgIpc) is 3.54. The number of benzene rings is 1. The highest BCUT2D eigenvalue weighted by molar-refractivity contribution is 7.17. The second-order valence-corrected chi connectivity index (χ2v) is 15.2. The van der Waals surface area contributed by atoms with Crippen molar-refractivity contribution in [3.05, 3.63) is 41.3 Å². The third-order valence-electron chi connectivity index (χ3n) is 6.44. The van der Waals surface area contributed by atoms with E-state index in [1.54, 1.807) is 4.57 Å². The Morgan fingerprint density at radius 2 is 1.46 bits per heavy atom. The molecule has 1 aromatic carbocycles. The Morgan fingerprint density at radius 1 is 0.854 bits per heavy atom. The summed E-state index contributed by atoms with van der Waals surface area (Å²) in [6.07, 6.45) is -1.43. The number of carbonyl (C=O) groups is 2. The van der Waals surface area contributed by atoms with Crippen LogP contribution in [0.4, 0.5) is 9.59 Å². The van der Waals surface area contributed by atoms with Crippen molar-refractivity contribution < 1.29 is 27.9 Å². The van der Waals surface area contributed by atoms with Crippen LogP contribution < -0.4 is 0 Å². The molecular formula is C29H41N3O6SSi2. The first-order valence-corrected chi connectivity index (χ1v) is 18.8. The molecule has 0 spiro atoms. The maximum absolute atomic E-state index is 13.7. The summed E-state index contributed by atoms with van der Waals surface area (Å²) in [4.78, 5) is 26.8. The van der Waals surface area contributed by atoms with E-state index in [1.807, 2.05) is 71.2 Å². The van der Waals surface area contributed by atoms with Gasteiger partial charge in [-0.15, -0.1) is 11.3 Å². The highest BCUT2D eigenvalue weighted by atomic mass is 32.1. The summed E-state index contributed by atoms with van der Waals surface area (Å²) in [6, 6.07) is 9.78. The van der Waals surface area contributed by atoms with Gasteiger partial charge < -0.3 is 18.3 Å². The van der Waals surface area contributed by atoms with Crippen LogP contribution in [0, 0.1) is 0 Å². The molecule has 0 unspecified atom stereocenters. The van der Waals surface area contributed by atoms with E-state index in [0.29, 0.717) is 22.4 Å². The van der Waals surface area contributed by atoms with Crippen LogP contribution in [0.5, 0.6) is 0 Å². The Kier molecular flexibility index (Phi) is 8.73. The summed E-state index contributed by atoms with van der Waals surface area (Å²) in [5, 5.41) is 7.42. The smallest absolute Gasteiger partial charge is 0.435 e. The molecule has 0 aliphatic carbocycles. The molecule has 9 nitrogen and oxygen atoms in total. The molecule has 3 heterocycles. The molecule has 41 heavy (non-hydrogen) atoms. The molecule has 0 saturated carbocycles. The minimum atomic E-state index is -0.711. The zero-order valence-electron chi connectivity index (χ0n) is 25.7. The molecule has 0 saturated heterocycles. The molecule has 0 aliphatic heterocycles. The van der Waals surface area contributed by atoms with E-state index in [-0.39, 0.29) is 6.29 Å². The first kappa shape index (κ1) is 31.2. The molecule has 0 N–H and O–H groups in total. The molecular weight excluding hydrogens is 575 g/mol. The fourth-order valence-electron chi connectivity index (χ4n) is 4.66. The van der Waals surface area contributed by atoms with Crippen LogP contribution in [-0.4, -0.2) is 63.6 Å². The van der Waals surface area contributed by atoms with Crippen molar-refractivity contribution in [2.75, 3.05) is 0 Å².